The van der Waals surface area contributed by atoms with Gasteiger partial charge in [-0.1, -0.05) is 0 Å². The molecule has 0 aliphatic rings. The van der Waals surface area contributed by atoms with Crippen molar-refractivity contribution in [2.24, 2.45) is 5.14 Å². The molecular weight excluding hydrogens is 262 g/mol. The van der Waals surface area contributed by atoms with E-state index >= 15 is 0 Å². The van der Waals surface area contributed by atoms with Gasteiger partial charge in [-0.2, -0.15) is 0 Å². The molecule has 0 bridgehead atoms. The van der Waals surface area contributed by atoms with E-state index in [1.165, 1.54) is 0 Å². The number of nitrogens with two attached hydrogens (primary N) is 1. The zero-order valence-corrected chi connectivity index (χ0v) is 10.1. The van der Waals surface area contributed by atoms with Crippen LogP contribution in [0.15, 0.2) is 15.2 Å². The summed E-state index contributed by atoms with van der Waals surface area (Å²) in [5.41, 5.74) is 0. The van der Waals surface area contributed by atoms with E-state index in [4.69, 9.17) is 10.2 Å². The van der Waals surface area contributed by atoms with Crippen molar-refractivity contribution in [2.45, 2.75) is 15.7 Å². The summed E-state index contributed by atoms with van der Waals surface area (Å²) in [7, 11) is -7.49. The summed E-state index contributed by atoms with van der Waals surface area (Å²) < 4.78 is 44.1. The van der Waals surface area contributed by atoms with Crippen LogP contribution in [0, 0.1) is 0 Å². The van der Waals surface area contributed by atoms with Gasteiger partial charge in [-0.3, -0.25) is 0 Å². The summed E-state index contributed by atoms with van der Waals surface area (Å²) in [4.78, 5) is -0.124. The highest BCUT2D eigenvalue weighted by atomic mass is 32.2. The van der Waals surface area contributed by atoms with E-state index in [1.807, 2.05) is 0 Å². The largest absolute Gasteiger partial charge is 0.391 e. The third kappa shape index (κ3) is 2.75. The smallest absolute Gasteiger partial charge is 0.247 e. The Morgan fingerprint density at radius 3 is 2.20 bits per heavy atom. The third-order valence-electron chi connectivity index (χ3n) is 1.57. The normalized spacial score (nSPS) is 13.0. The second-order valence-electron chi connectivity index (χ2n) is 2.83. The topological polar surface area (TPSA) is 115 Å². The fraction of sp³-hybridized carbons (Fsp3) is 0.333. The zero-order chi connectivity index (χ0) is 11.9. The lowest BCUT2D eigenvalue weighted by Gasteiger charge is -1.95. The first kappa shape index (κ1) is 12.6. The first-order valence-electron chi connectivity index (χ1n) is 3.62. The molecule has 9 heteroatoms. The summed E-state index contributed by atoms with van der Waals surface area (Å²) in [6.45, 7) is -0.539. The number of hydrogen-bond donors (Lipinski definition) is 2. The predicted octanol–water partition coefficient (Wildman–Crippen LogP) is -0.709. The third-order valence-corrected chi connectivity index (χ3v) is 5.40. The number of sulfone groups is 1. The number of primary sulfonamides is 1. The van der Waals surface area contributed by atoms with Crippen molar-refractivity contribution in [2.75, 3.05) is 6.26 Å². The van der Waals surface area contributed by atoms with Crippen LogP contribution < -0.4 is 5.14 Å². The average molecular weight is 271 g/mol. The summed E-state index contributed by atoms with van der Waals surface area (Å²) in [6, 6.07) is 0.959. The Labute approximate surface area is 91.3 Å². The zero-order valence-electron chi connectivity index (χ0n) is 7.67. The van der Waals surface area contributed by atoms with Gasteiger partial charge in [0.25, 0.3) is 0 Å². The van der Waals surface area contributed by atoms with Crippen molar-refractivity contribution in [1.29, 1.82) is 0 Å². The second-order valence-corrected chi connectivity index (χ2v) is 7.74. The highest BCUT2D eigenvalue weighted by Gasteiger charge is 2.21. The standard InChI is InChI=1S/C6H9NO5S3/c1-14(9,10)5-2-6(15(7,11)12)13-4(5)3-8/h2,8H,3H2,1H3,(H2,7,11,12). The Morgan fingerprint density at radius 1 is 1.40 bits per heavy atom. The van der Waals surface area contributed by atoms with Gasteiger partial charge in [0.05, 0.1) is 16.4 Å². The Balaban J connectivity index is 3.51. The molecule has 0 saturated carbocycles. The number of rotatable bonds is 3. The second kappa shape index (κ2) is 3.83. The molecule has 0 atom stereocenters. The molecule has 15 heavy (non-hydrogen) atoms. The van der Waals surface area contributed by atoms with Crippen molar-refractivity contribution >= 4 is 31.2 Å². The van der Waals surface area contributed by atoms with E-state index in [1.54, 1.807) is 0 Å². The van der Waals surface area contributed by atoms with E-state index in [2.05, 4.69) is 0 Å². The molecule has 0 saturated heterocycles. The maximum absolute atomic E-state index is 11.2. The molecule has 86 valence electrons. The molecule has 0 fully saturated rings. The molecule has 0 amide bonds. The molecule has 6 nitrogen and oxygen atoms in total. The number of aliphatic hydroxyl groups is 1. The van der Waals surface area contributed by atoms with Gasteiger partial charge in [0.15, 0.2) is 9.84 Å². The number of sulfonamides is 1. The van der Waals surface area contributed by atoms with Gasteiger partial charge in [-0.05, 0) is 6.07 Å². The monoisotopic (exact) mass is 271 g/mol. The minimum atomic E-state index is -3.93. The van der Waals surface area contributed by atoms with Crippen molar-refractivity contribution in [3.8, 4) is 0 Å². The fourth-order valence-electron chi connectivity index (χ4n) is 0.953. The van der Waals surface area contributed by atoms with E-state index in [0.717, 1.165) is 12.3 Å². The maximum atomic E-state index is 11.2. The molecule has 1 aromatic rings. The first-order chi connectivity index (χ1) is 6.66. The summed E-state index contributed by atoms with van der Waals surface area (Å²) in [5, 5.41) is 13.7. The van der Waals surface area contributed by atoms with Crippen LogP contribution in [0.25, 0.3) is 0 Å². The molecule has 0 unspecified atom stereocenters. The van der Waals surface area contributed by atoms with Gasteiger partial charge >= 0.3 is 0 Å². The molecule has 0 aliphatic carbocycles. The van der Waals surface area contributed by atoms with Crippen molar-refractivity contribution in [3.63, 3.8) is 0 Å². The quantitative estimate of drug-likeness (QED) is 0.753. The number of aliphatic hydroxyl groups excluding tert-OH is 1. The molecule has 0 radical (unpaired) electrons. The van der Waals surface area contributed by atoms with Crippen LogP contribution in [0.2, 0.25) is 0 Å². The molecule has 1 aromatic heterocycles. The average Bonchev–Trinajstić information content (AvgIpc) is 2.44. The highest BCUT2D eigenvalue weighted by Crippen LogP contribution is 2.28. The van der Waals surface area contributed by atoms with E-state index in [9.17, 15) is 16.8 Å². The van der Waals surface area contributed by atoms with Crippen molar-refractivity contribution < 1.29 is 21.9 Å². The van der Waals surface area contributed by atoms with Crippen molar-refractivity contribution in [3.05, 3.63) is 10.9 Å². The van der Waals surface area contributed by atoms with E-state index < -0.39 is 26.5 Å². The molecule has 1 rings (SSSR count). The van der Waals surface area contributed by atoms with Gasteiger partial charge in [-0.25, -0.2) is 22.0 Å². The maximum Gasteiger partial charge on any atom is 0.247 e. The van der Waals surface area contributed by atoms with Gasteiger partial charge in [0, 0.05) is 6.26 Å². The summed E-state index contributed by atoms with van der Waals surface area (Å²) in [5.74, 6) is 0. The van der Waals surface area contributed by atoms with Crippen molar-refractivity contribution in [1.82, 2.24) is 0 Å². The Kier molecular flexibility index (Phi) is 3.22. The van der Waals surface area contributed by atoms with Crippen LogP contribution in [0.1, 0.15) is 4.88 Å². The van der Waals surface area contributed by atoms with Crippen LogP contribution in [0.4, 0.5) is 0 Å². The highest BCUT2D eigenvalue weighted by molar-refractivity contribution is 7.92. The van der Waals surface area contributed by atoms with Gasteiger partial charge in [-0.15, -0.1) is 11.3 Å². The molecule has 1 heterocycles. The van der Waals surface area contributed by atoms with Crippen LogP contribution in [-0.2, 0) is 26.5 Å². The van der Waals surface area contributed by atoms with Crippen LogP contribution >= 0.6 is 11.3 Å². The minimum Gasteiger partial charge on any atom is -0.391 e. The Morgan fingerprint density at radius 2 is 1.93 bits per heavy atom. The fourth-order valence-corrected chi connectivity index (χ4v) is 4.18. The predicted molar refractivity (Wildman–Crippen MR) is 54.7 cm³/mol. The Bertz CT molecular complexity index is 568. The molecule has 0 aromatic carbocycles. The minimum absolute atomic E-state index is 0.0709. The van der Waals surface area contributed by atoms with Gasteiger partial charge in [0.2, 0.25) is 10.0 Å². The van der Waals surface area contributed by atoms with Crippen LogP contribution in [-0.4, -0.2) is 28.2 Å². The lowest BCUT2D eigenvalue weighted by Crippen LogP contribution is -2.10. The molecule has 0 aliphatic heterocycles. The molecular formula is C6H9NO5S3. The van der Waals surface area contributed by atoms with Gasteiger partial charge in [0.1, 0.15) is 4.21 Å². The SMILES string of the molecule is CS(=O)(=O)c1cc(S(N)(=O)=O)sc1CO. The van der Waals surface area contributed by atoms with E-state index in [0.29, 0.717) is 11.3 Å². The molecule has 3 N–H and O–H groups in total. The lowest BCUT2D eigenvalue weighted by molar-refractivity contribution is 0.282. The van der Waals surface area contributed by atoms with E-state index in [-0.39, 0.29) is 14.0 Å². The first-order valence-corrected chi connectivity index (χ1v) is 7.88. The summed E-state index contributed by atoms with van der Waals surface area (Å²) in [6.07, 6.45) is 0.932. The number of hydrogen-bond acceptors (Lipinski definition) is 6. The number of thiophene rings is 1. The van der Waals surface area contributed by atoms with Gasteiger partial charge < -0.3 is 5.11 Å². The molecule has 0 spiro atoms. The Hall–Kier alpha value is -0.480. The van der Waals surface area contributed by atoms with Crippen LogP contribution in [0.3, 0.4) is 0 Å². The lowest BCUT2D eigenvalue weighted by atomic mass is 10.5. The summed E-state index contributed by atoms with van der Waals surface area (Å²) >= 11 is 0.651. The van der Waals surface area contributed by atoms with Crippen LogP contribution in [0.5, 0.6) is 0 Å².